The maximum absolute atomic E-state index is 5.77. The molecule has 0 atom stereocenters. The summed E-state index contributed by atoms with van der Waals surface area (Å²) in [5, 5.41) is 0. The van der Waals surface area contributed by atoms with Gasteiger partial charge in [-0.2, -0.15) is 0 Å². The zero-order valence-electron chi connectivity index (χ0n) is 9.69. The molecular formula is C12H15N3O. The number of aromatic nitrogens is 2. The lowest BCUT2D eigenvalue weighted by molar-refractivity contribution is 0.535. The highest BCUT2D eigenvalue weighted by atomic mass is 16.3. The minimum atomic E-state index is 0.259. The van der Waals surface area contributed by atoms with E-state index in [1.54, 1.807) is 12.3 Å². The molecule has 4 nitrogen and oxygen atoms in total. The van der Waals surface area contributed by atoms with Gasteiger partial charge in [-0.1, -0.05) is 13.8 Å². The van der Waals surface area contributed by atoms with Crippen molar-refractivity contribution in [1.29, 1.82) is 0 Å². The summed E-state index contributed by atoms with van der Waals surface area (Å²) < 4.78 is 5.26. The predicted molar refractivity (Wildman–Crippen MR) is 63.0 cm³/mol. The number of aryl methyl sites for hydroxylation is 1. The van der Waals surface area contributed by atoms with Gasteiger partial charge in [0.05, 0.1) is 12.0 Å². The molecular weight excluding hydrogens is 202 g/mol. The third-order valence-electron chi connectivity index (χ3n) is 2.41. The Morgan fingerprint density at radius 2 is 2.06 bits per heavy atom. The van der Waals surface area contributed by atoms with Gasteiger partial charge in [0.15, 0.2) is 0 Å². The number of nitrogens with two attached hydrogens (primary N) is 1. The van der Waals surface area contributed by atoms with Crippen molar-refractivity contribution >= 4 is 5.82 Å². The van der Waals surface area contributed by atoms with Crippen molar-refractivity contribution in [3.8, 4) is 11.3 Å². The van der Waals surface area contributed by atoms with E-state index in [2.05, 4.69) is 9.97 Å². The fourth-order valence-electron chi connectivity index (χ4n) is 1.53. The summed E-state index contributed by atoms with van der Waals surface area (Å²) in [4.78, 5) is 8.69. The van der Waals surface area contributed by atoms with E-state index >= 15 is 0 Å². The predicted octanol–water partition coefficient (Wildman–Crippen LogP) is 2.75. The molecule has 4 heteroatoms. The van der Waals surface area contributed by atoms with Crippen molar-refractivity contribution in [2.75, 3.05) is 5.73 Å². The van der Waals surface area contributed by atoms with Gasteiger partial charge in [0, 0.05) is 17.5 Å². The molecule has 16 heavy (non-hydrogen) atoms. The van der Waals surface area contributed by atoms with Crippen molar-refractivity contribution in [1.82, 2.24) is 9.97 Å². The maximum atomic E-state index is 5.77. The van der Waals surface area contributed by atoms with E-state index in [9.17, 15) is 0 Å². The van der Waals surface area contributed by atoms with Gasteiger partial charge in [-0.05, 0) is 13.0 Å². The van der Waals surface area contributed by atoms with Crippen LogP contribution in [0.4, 0.5) is 5.82 Å². The largest absolute Gasteiger partial charge is 0.469 e. The molecule has 0 aromatic carbocycles. The van der Waals surface area contributed by atoms with Gasteiger partial charge in [-0.15, -0.1) is 0 Å². The van der Waals surface area contributed by atoms with Crippen LogP contribution in [0.5, 0.6) is 0 Å². The fraction of sp³-hybridized carbons (Fsp3) is 0.333. The molecule has 0 radical (unpaired) electrons. The summed E-state index contributed by atoms with van der Waals surface area (Å²) in [7, 11) is 0. The topological polar surface area (TPSA) is 64.9 Å². The maximum Gasteiger partial charge on any atom is 0.133 e. The van der Waals surface area contributed by atoms with Crippen LogP contribution in [0.15, 0.2) is 22.8 Å². The molecule has 0 bridgehead atoms. The Hall–Kier alpha value is -1.84. The molecule has 2 aromatic heterocycles. The third-order valence-corrected chi connectivity index (χ3v) is 2.41. The Morgan fingerprint density at radius 3 is 2.62 bits per heavy atom. The highest BCUT2D eigenvalue weighted by Gasteiger charge is 2.11. The Morgan fingerprint density at radius 1 is 1.31 bits per heavy atom. The molecule has 2 heterocycles. The van der Waals surface area contributed by atoms with Crippen LogP contribution < -0.4 is 5.73 Å². The van der Waals surface area contributed by atoms with Crippen molar-refractivity contribution in [3.63, 3.8) is 0 Å². The van der Waals surface area contributed by atoms with E-state index in [4.69, 9.17) is 10.2 Å². The van der Waals surface area contributed by atoms with Gasteiger partial charge >= 0.3 is 0 Å². The summed E-state index contributed by atoms with van der Waals surface area (Å²) in [6.07, 6.45) is 1.65. The number of hydrogen-bond acceptors (Lipinski definition) is 4. The van der Waals surface area contributed by atoms with Gasteiger partial charge in [-0.3, -0.25) is 0 Å². The van der Waals surface area contributed by atoms with Crippen LogP contribution in [0.1, 0.15) is 31.4 Å². The number of nitrogens with zero attached hydrogens (tertiary/aromatic N) is 2. The minimum Gasteiger partial charge on any atom is -0.469 e. The molecule has 2 rings (SSSR count). The number of furan rings is 1. The lowest BCUT2D eigenvalue weighted by Crippen LogP contribution is -2.02. The first-order valence-electron chi connectivity index (χ1n) is 5.27. The standard InChI is InChI=1S/C12H15N3O/c1-7(2)12-14-10(6-11(13)15-12)9-4-5-16-8(9)3/h4-7H,1-3H3,(H2,13,14,15). The Bertz CT molecular complexity index is 503. The smallest absolute Gasteiger partial charge is 0.133 e. The Kier molecular flexibility index (Phi) is 2.64. The van der Waals surface area contributed by atoms with Crippen LogP contribution in [0.3, 0.4) is 0 Å². The number of anilines is 1. The second-order valence-electron chi connectivity index (χ2n) is 4.08. The first kappa shape index (κ1) is 10.7. The molecule has 0 unspecified atom stereocenters. The van der Waals surface area contributed by atoms with Crippen LogP contribution in [0.2, 0.25) is 0 Å². The SMILES string of the molecule is Cc1occc1-c1cc(N)nc(C(C)C)n1. The molecule has 0 aliphatic rings. The highest BCUT2D eigenvalue weighted by Crippen LogP contribution is 2.24. The van der Waals surface area contributed by atoms with E-state index < -0.39 is 0 Å². The van der Waals surface area contributed by atoms with Gasteiger partial charge in [0.1, 0.15) is 17.4 Å². The van der Waals surface area contributed by atoms with Crippen LogP contribution >= 0.6 is 0 Å². The van der Waals surface area contributed by atoms with Gasteiger partial charge in [0.2, 0.25) is 0 Å². The molecule has 0 aliphatic heterocycles. The monoisotopic (exact) mass is 217 g/mol. The summed E-state index contributed by atoms with van der Waals surface area (Å²) in [6, 6.07) is 3.66. The van der Waals surface area contributed by atoms with Gasteiger partial charge in [0.25, 0.3) is 0 Å². The molecule has 0 saturated heterocycles. The zero-order chi connectivity index (χ0) is 11.7. The molecule has 2 N–H and O–H groups in total. The normalized spacial score (nSPS) is 11.0. The molecule has 0 aliphatic carbocycles. The first-order valence-corrected chi connectivity index (χ1v) is 5.27. The van der Waals surface area contributed by atoms with E-state index in [0.29, 0.717) is 5.82 Å². The van der Waals surface area contributed by atoms with Crippen LogP contribution in [-0.4, -0.2) is 9.97 Å². The van der Waals surface area contributed by atoms with Crippen LogP contribution in [0, 0.1) is 6.92 Å². The van der Waals surface area contributed by atoms with E-state index in [1.165, 1.54) is 0 Å². The minimum absolute atomic E-state index is 0.259. The second-order valence-corrected chi connectivity index (χ2v) is 4.08. The molecule has 0 saturated carbocycles. The highest BCUT2D eigenvalue weighted by molar-refractivity contribution is 5.63. The number of nitrogen functional groups attached to an aromatic ring is 1. The van der Waals surface area contributed by atoms with Crippen molar-refractivity contribution in [2.24, 2.45) is 0 Å². The average molecular weight is 217 g/mol. The lowest BCUT2D eigenvalue weighted by Gasteiger charge is -2.07. The Balaban J connectivity index is 2.54. The van der Waals surface area contributed by atoms with E-state index in [0.717, 1.165) is 22.8 Å². The van der Waals surface area contributed by atoms with Crippen molar-refractivity contribution in [2.45, 2.75) is 26.7 Å². The van der Waals surface area contributed by atoms with Crippen molar-refractivity contribution in [3.05, 3.63) is 30.0 Å². The van der Waals surface area contributed by atoms with Crippen molar-refractivity contribution < 1.29 is 4.42 Å². The average Bonchev–Trinajstić information content (AvgIpc) is 2.63. The van der Waals surface area contributed by atoms with Gasteiger partial charge in [-0.25, -0.2) is 9.97 Å². The second kappa shape index (κ2) is 3.96. The molecule has 84 valence electrons. The van der Waals surface area contributed by atoms with Crippen LogP contribution in [0.25, 0.3) is 11.3 Å². The molecule has 0 amide bonds. The first-order chi connectivity index (χ1) is 7.58. The third kappa shape index (κ3) is 1.91. The fourth-order valence-corrected chi connectivity index (χ4v) is 1.53. The number of hydrogen-bond donors (Lipinski definition) is 1. The number of rotatable bonds is 2. The lowest BCUT2D eigenvalue weighted by atomic mass is 10.1. The molecule has 0 spiro atoms. The summed E-state index contributed by atoms with van der Waals surface area (Å²) >= 11 is 0. The Labute approximate surface area is 94.5 Å². The molecule has 2 aromatic rings. The quantitative estimate of drug-likeness (QED) is 0.840. The summed E-state index contributed by atoms with van der Waals surface area (Å²) in [6.45, 7) is 5.99. The molecule has 0 fully saturated rings. The van der Waals surface area contributed by atoms with Crippen LogP contribution in [-0.2, 0) is 0 Å². The van der Waals surface area contributed by atoms with Gasteiger partial charge < -0.3 is 10.2 Å². The zero-order valence-corrected chi connectivity index (χ0v) is 9.69. The summed E-state index contributed by atoms with van der Waals surface area (Å²) in [5.74, 6) is 2.35. The van der Waals surface area contributed by atoms with E-state index in [-0.39, 0.29) is 5.92 Å². The van der Waals surface area contributed by atoms with E-state index in [1.807, 2.05) is 26.8 Å². The summed E-state index contributed by atoms with van der Waals surface area (Å²) in [5.41, 5.74) is 7.56.